The summed E-state index contributed by atoms with van der Waals surface area (Å²) in [5, 5.41) is 2.40. The number of hydrogen-bond acceptors (Lipinski definition) is 5. The molecule has 0 fully saturated rings. The summed E-state index contributed by atoms with van der Waals surface area (Å²) in [5.74, 6) is -1.21. The van der Waals surface area contributed by atoms with E-state index in [2.05, 4.69) is 10.3 Å². The second kappa shape index (κ2) is 9.38. The molecule has 1 aliphatic rings. The van der Waals surface area contributed by atoms with Crippen LogP contribution in [0.2, 0.25) is 5.02 Å². The number of aryl methyl sites for hydroxylation is 2. The first-order chi connectivity index (χ1) is 16.0. The van der Waals surface area contributed by atoms with Crippen LogP contribution in [0.25, 0.3) is 10.2 Å². The largest absolute Gasteiger partial charge is 0.417 e. The number of aromatic nitrogens is 2. The van der Waals surface area contributed by atoms with E-state index in [0.717, 1.165) is 48.3 Å². The monoisotopic (exact) mass is 512 g/mol. The Balaban J connectivity index is 1.43. The number of likely N-dealkylation sites (N-methyl/N-ethyl adjacent to an activating group) is 1. The maximum Gasteiger partial charge on any atom is 0.417 e. The van der Waals surface area contributed by atoms with Crippen molar-refractivity contribution in [3.63, 3.8) is 0 Å². The molecule has 180 valence electrons. The van der Waals surface area contributed by atoms with Gasteiger partial charge in [0.15, 0.2) is 0 Å². The van der Waals surface area contributed by atoms with E-state index < -0.39 is 35.1 Å². The van der Waals surface area contributed by atoms with Crippen molar-refractivity contribution in [3.05, 3.63) is 55.9 Å². The maximum absolute atomic E-state index is 13.0. The average molecular weight is 513 g/mol. The summed E-state index contributed by atoms with van der Waals surface area (Å²) in [5.41, 5.74) is -0.458. The Kier molecular flexibility index (Phi) is 6.68. The van der Waals surface area contributed by atoms with Crippen LogP contribution in [-0.4, -0.2) is 39.9 Å². The van der Waals surface area contributed by atoms with Gasteiger partial charge < -0.3 is 10.2 Å². The van der Waals surface area contributed by atoms with Crippen molar-refractivity contribution in [2.45, 2.75) is 38.4 Å². The predicted molar refractivity (Wildman–Crippen MR) is 123 cm³/mol. The lowest BCUT2D eigenvalue weighted by Crippen LogP contribution is -2.38. The van der Waals surface area contributed by atoms with E-state index in [1.54, 1.807) is 0 Å². The topological polar surface area (TPSA) is 84.3 Å². The number of benzene rings is 1. The summed E-state index contributed by atoms with van der Waals surface area (Å²) < 4.78 is 40.2. The van der Waals surface area contributed by atoms with Gasteiger partial charge in [0.25, 0.3) is 5.56 Å². The third kappa shape index (κ3) is 4.95. The number of rotatable bonds is 5. The second-order valence-corrected chi connectivity index (χ2v) is 9.55. The van der Waals surface area contributed by atoms with Crippen LogP contribution in [0.1, 0.15) is 28.8 Å². The average Bonchev–Trinajstić information content (AvgIpc) is 3.15. The van der Waals surface area contributed by atoms with Gasteiger partial charge in [0.05, 0.1) is 28.8 Å². The summed E-state index contributed by atoms with van der Waals surface area (Å²) in [7, 11) is 1.37. The number of halogens is 4. The van der Waals surface area contributed by atoms with Crippen LogP contribution in [0.3, 0.4) is 0 Å². The highest BCUT2D eigenvalue weighted by Gasteiger charge is 2.33. The van der Waals surface area contributed by atoms with Crippen molar-refractivity contribution in [2.75, 3.05) is 18.9 Å². The second-order valence-electron chi connectivity index (χ2n) is 8.06. The smallest absolute Gasteiger partial charge is 0.335 e. The highest BCUT2D eigenvalue weighted by atomic mass is 35.5. The molecule has 34 heavy (non-hydrogen) atoms. The minimum absolute atomic E-state index is 0.101. The number of carbonyl (C=O) groups is 2. The number of thiophene rings is 1. The summed E-state index contributed by atoms with van der Waals surface area (Å²) in [6, 6.07) is 3.00. The number of amides is 2. The van der Waals surface area contributed by atoms with Gasteiger partial charge in [-0.25, -0.2) is 4.98 Å². The van der Waals surface area contributed by atoms with Crippen LogP contribution in [0.15, 0.2) is 29.3 Å². The molecule has 12 heteroatoms. The number of nitrogens with one attached hydrogen (secondary N) is 1. The van der Waals surface area contributed by atoms with Gasteiger partial charge in [0.1, 0.15) is 11.4 Å². The van der Waals surface area contributed by atoms with E-state index in [-0.39, 0.29) is 17.8 Å². The molecule has 0 aliphatic heterocycles. The van der Waals surface area contributed by atoms with Crippen LogP contribution < -0.4 is 10.9 Å². The molecule has 1 aliphatic carbocycles. The number of alkyl halides is 3. The van der Waals surface area contributed by atoms with E-state index >= 15 is 0 Å². The standard InChI is InChI=1S/C22H20ClF3N4O3S/c1-29(9-17(31)28-12-6-7-15(23)14(8-12)22(24,25)26)18(32)10-30-11-27-20-19(21(30)33)13-4-2-3-5-16(13)34-20/h6-8,11H,2-5,9-10H2,1H3,(H,28,31). The SMILES string of the molecule is CN(CC(=O)Nc1ccc(Cl)c(C(F)(F)F)c1)C(=O)Cn1cnc2sc3c(c2c1=O)CCCC3. The summed E-state index contributed by atoms with van der Waals surface area (Å²) in [4.78, 5) is 45.2. The summed E-state index contributed by atoms with van der Waals surface area (Å²) in [6.07, 6.45) is 0.462. The van der Waals surface area contributed by atoms with Crippen molar-refractivity contribution in [3.8, 4) is 0 Å². The van der Waals surface area contributed by atoms with Crippen molar-refractivity contribution in [1.82, 2.24) is 14.5 Å². The van der Waals surface area contributed by atoms with Gasteiger partial charge in [-0.3, -0.25) is 19.0 Å². The first kappa shape index (κ1) is 24.2. The lowest BCUT2D eigenvalue weighted by molar-refractivity contribution is -0.137. The van der Waals surface area contributed by atoms with E-state index in [1.807, 2.05) is 0 Å². The van der Waals surface area contributed by atoms with Crippen LogP contribution in [-0.2, 0) is 35.2 Å². The molecule has 2 heterocycles. The quantitative estimate of drug-likeness (QED) is 0.557. The van der Waals surface area contributed by atoms with Crippen LogP contribution in [0.5, 0.6) is 0 Å². The third-order valence-corrected chi connectivity index (χ3v) is 7.14. The first-order valence-corrected chi connectivity index (χ1v) is 11.6. The number of carbonyl (C=O) groups excluding carboxylic acids is 2. The predicted octanol–water partition coefficient (Wildman–Crippen LogP) is 4.11. The fourth-order valence-electron chi connectivity index (χ4n) is 3.88. The fourth-order valence-corrected chi connectivity index (χ4v) is 5.33. The zero-order valence-corrected chi connectivity index (χ0v) is 19.6. The molecular formula is C22H20ClF3N4O3S. The molecule has 2 amide bonds. The molecule has 4 rings (SSSR count). The molecule has 3 aromatic rings. The zero-order valence-electron chi connectivity index (χ0n) is 18.0. The Bertz CT molecular complexity index is 1340. The molecule has 1 N–H and O–H groups in total. The highest BCUT2D eigenvalue weighted by molar-refractivity contribution is 7.18. The maximum atomic E-state index is 13.0. The molecule has 0 unspecified atom stereocenters. The van der Waals surface area contributed by atoms with Gasteiger partial charge in [-0.1, -0.05) is 11.6 Å². The molecule has 0 saturated carbocycles. The van der Waals surface area contributed by atoms with Gasteiger partial charge in [0, 0.05) is 17.6 Å². The Labute approximate surface area is 201 Å². The number of hydrogen-bond donors (Lipinski definition) is 1. The normalized spacial score (nSPS) is 13.6. The van der Waals surface area contributed by atoms with Crippen LogP contribution in [0.4, 0.5) is 18.9 Å². The van der Waals surface area contributed by atoms with Crippen molar-refractivity contribution >= 4 is 50.7 Å². The van der Waals surface area contributed by atoms with E-state index in [0.29, 0.717) is 10.2 Å². The van der Waals surface area contributed by atoms with Crippen molar-refractivity contribution in [2.24, 2.45) is 0 Å². The molecule has 0 atom stereocenters. The molecule has 0 spiro atoms. The first-order valence-electron chi connectivity index (χ1n) is 10.4. The Morgan fingerprint density at radius 2 is 2.00 bits per heavy atom. The number of fused-ring (bicyclic) bond motifs is 3. The van der Waals surface area contributed by atoms with E-state index in [4.69, 9.17) is 11.6 Å². The van der Waals surface area contributed by atoms with Crippen LogP contribution >= 0.6 is 22.9 Å². The van der Waals surface area contributed by atoms with E-state index in [9.17, 15) is 27.6 Å². The Hall–Kier alpha value is -2.92. The lowest BCUT2D eigenvalue weighted by Gasteiger charge is -2.18. The van der Waals surface area contributed by atoms with Gasteiger partial charge in [0.2, 0.25) is 11.8 Å². The Morgan fingerprint density at radius 1 is 1.26 bits per heavy atom. The molecule has 0 radical (unpaired) electrons. The third-order valence-electron chi connectivity index (χ3n) is 5.61. The molecule has 2 aromatic heterocycles. The van der Waals surface area contributed by atoms with Crippen LogP contribution in [0, 0.1) is 0 Å². The fraction of sp³-hybridized carbons (Fsp3) is 0.364. The molecule has 1 aromatic carbocycles. The Morgan fingerprint density at radius 3 is 2.74 bits per heavy atom. The highest BCUT2D eigenvalue weighted by Crippen LogP contribution is 2.36. The van der Waals surface area contributed by atoms with E-state index in [1.165, 1.54) is 40.2 Å². The summed E-state index contributed by atoms with van der Waals surface area (Å²) in [6.45, 7) is -0.726. The van der Waals surface area contributed by atoms with Crippen molar-refractivity contribution in [1.29, 1.82) is 0 Å². The molecule has 0 saturated heterocycles. The van der Waals surface area contributed by atoms with Gasteiger partial charge in [-0.15, -0.1) is 11.3 Å². The molecule has 7 nitrogen and oxygen atoms in total. The number of anilines is 1. The minimum Gasteiger partial charge on any atom is -0.335 e. The van der Waals surface area contributed by atoms with Gasteiger partial charge in [-0.2, -0.15) is 13.2 Å². The zero-order chi connectivity index (χ0) is 24.6. The number of nitrogens with zero attached hydrogens (tertiary/aromatic N) is 3. The summed E-state index contributed by atoms with van der Waals surface area (Å²) >= 11 is 7.09. The minimum atomic E-state index is -4.67. The van der Waals surface area contributed by atoms with Gasteiger partial charge in [-0.05, 0) is 49.4 Å². The lowest BCUT2D eigenvalue weighted by atomic mass is 9.97. The van der Waals surface area contributed by atoms with Crippen molar-refractivity contribution < 1.29 is 22.8 Å². The molecular weight excluding hydrogens is 493 g/mol. The molecule has 0 bridgehead atoms. The van der Waals surface area contributed by atoms with Gasteiger partial charge >= 0.3 is 6.18 Å².